The van der Waals surface area contributed by atoms with Crippen molar-refractivity contribution >= 4 is 23.0 Å². The van der Waals surface area contributed by atoms with Crippen LogP contribution in [-0.4, -0.2) is 27.2 Å². The SMILES string of the molecule is O=C(O)c1ccc2c(c1)nc1n2CCCN1. The van der Waals surface area contributed by atoms with Gasteiger partial charge in [-0.2, -0.15) is 0 Å². The second-order valence-corrected chi connectivity index (χ2v) is 3.88. The van der Waals surface area contributed by atoms with E-state index in [-0.39, 0.29) is 5.56 Å². The van der Waals surface area contributed by atoms with Crippen LogP contribution < -0.4 is 5.32 Å². The lowest BCUT2D eigenvalue weighted by molar-refractivity contribution is 0.0697. The maximum atomic E-state index is 10.8. The summed E-state index contributed by atoms with van der Waals surface area (Å²) in [7, 11) is 0. The predicted octanol–water partition coefficient (Wildman–Crippen LogP) is 1.55. The van der Waals surface area contributed by atoms with Crippen molar-refractivity contribution in [2.45, 2.75) is 13.0 Å². The predicted molar refractivity (Wildman–Crippen MR) is 59.8 cm³/mol. The number of carbonyl (C=O) groups is 1. The second kappa shape index (κ2) is 3.23. The van der Waals surface area contributed by atoms with Gasteiger partial charge in [0.1, 0.15) is 0 Å². The van der Waals surface area contributed by atoms with E-state index >= 15 is 0 Å². The van der Waals surface area contributed by atoms with Crippen molar-refractivity contribution in [2.24, 2.45) is 0 Å². The molecule has 0 saturated heterocycles. The number of anilines is 1. The monoisotopic (exact) mass is 217 g/mol. The number of rotatable bonds is 1. The Labute approximate surface area is 91.7 Å². The molecule has 82 valence electrons. The van der Waals surface area contributed by atoms with Crippen LogP contribution >= 0.6 is 0 Å². The lowest BCUT2D eigenvalue weighted by Crippen LogP contribution is -2.16. The molecule has 2 N–H and O–H groups in total. The van der Waals surface area contributed by atoms with Crippen molar-refractivity contribution in [2.75, 3.05) is 11.9 Å². The minimum Gasteiger partial charge on any atom is -0.478 e. The first-order chi connectivity index (χ1) is 7.75. The van der Waals surface area contributed by atoms with Gasteiger partial charge in [-0.1, -0.05) is 0 Å². The summed E-state index contributed by atoms with van der Waals surface area (Å²) in [4.78, 5) is 15.2. The van der Waals surface area contributed by atoms with Gasteiger partial charge in [0, 0.05) is 13.1 Å². The minimum atomic E-state index is -0.916. The van der Waals surface area contributed by atoms with Gasteiger partial charge in [0.15, 0.2) is 0 Å². The summed E-state index contributed by atoms with van der Waals surface area (Å²) >= 11 is 0. The van der Waals surface area contributed by atoms with Gasteiger partial charge >= 0.3 is 5.97 Å². The number of aromatic nitrogens is 2. The number of aryl methyl sites for hydroxylation is 1. The summed E-state index contributed by atoms with van der Waals surface area (Å²) in [5, 5.41) is 12.1. The molecule has 1 aromatic heterocycles. The van der Waals surface area contributed by atoms with E-state index in [0.29, 0.717) is 0 Å². The van der Waals surface area contributed by atoms with Crippen LogP contribution in [0.25, 0.3) is 11.0 Å². The molecule has 16 heavy (non-hydrogen) atoms. The van der Waals surface area contributed by atoms with Gasteiger partial charge in [-0.25, -0.2) is 9.78 Å². The molecule has 0 fully saturated rings. The molecule has 0 bridgehead atoms. The van der Waals surface area contributed by atoms with E-state index in [2.05, 4.69) is 14.9 Å². The molecule has 0 atom stereocenters. The molecular formula is C11H11N3O2. The normalized spacial score (nSPS) is 14.5. The number of nitrogens with zero attached hydrogens (tertiary/aromatic N) is 2. The average molecular weight is 217 g/mol. The van der Waals surface area contributed by atoms with Crippen LogP contribution in [0, 0.1) is 0 Å². The summed E-state index contributed by atoms with van der Waals surface area (Å²) in [5.41, 5.74) is 2.01. The van der Waals surface area contributed by atoms with Crippen molar-refractivity contribution in [3.8, 4) is 0 Å². The van der Waals surface area contributed by atoms with Crippen molar-refractivity contribution in [1.29, 1.82) is 0 Å². The van der Waals surface area contributed by atoms with E-state index in [1.54, 1.807) is 12.1 Å². The molecule has 0 unspecified atom stereocenters. The fraction of sp³-hybridized carbons (Fsp3) is 0.273. The molecule has 0 saturated carbocycles. The number of fused-ring (bicyclic) bond motifs is 3. The maximum absolute atomic E-state index is 10.8. The van der Waals surface area contributed by atoms with E-state index < -0.39 is 5.97 Å². The van der Waals surface area contributed by atoms with Gasteiger partial charge in [0.25, 0.3) is 0 Å². The van der Waals surface area contributed by atoms with Crippen LogP contribution in [0.1, 0.15) is 16.8 Å². The van der Waals surface area contributed by atoms with Gasteiger partial charge < -0.3 is 15.0 Å². The largest absolute Gasteiger partial charge is 0.478 e. The highest BCUT2D eigenvalue weighted by molar-refractivity contribution is 5.93. The zero-order valence-corrected chi connectivity index (χ0v) is 8.60. The van der Waals surface area contributed by atoms with Crippen LogP contribution in [0.2, 0.25) is 0 Å². The highest BCUT2D eigenvalue weighted by Crippen LogP contribution is 2.23. The van der Waals surface area contributed by atoms with Gasteiger partial charge in [-0.3, -0.25) is 0 Å². The highest BCUT2D eigenvalue weighted by atomic mass is 16.4. The van der Waals surface area contributed by atoms with Crippen molar-refractivity contribution in [3.63, 3.8) is 0 Å². The van der Waals surface area contributed by atoms with Crippen LogP contribution in [-0.2, 0) is 6.54 Å². The van der Waals surface area contributed by atoms with Crippen molar-refractivity contribution in [3.05, 3.63) is 23.8 Å². The van der Waals surface area contributed by atoms with Gasteiger partial charge in [-0.15, -0.1) is 0 Å². The van der Waals surface area contributed by atoms with E-state index in [4.69, 9.17) is 5.11 Å². The lowest BCUT2D eigenvalue weighted by atomic mass is 10.2. The summed E-state index contributed by atoms with van der Waals surface area (Å²) in [6, 6.07) is 5.06. The fourth-order valence-corrected chi connectivity index (χ4v) is 2.06. The number of hydrogen-bond acceptors (Lipinski definition) is 3. The van der Waals surface area contributed by atoms with Gasteiger partial charge in [-0.05, 0) is 24.6 Å². The molecule has 1 aliphatic heterocycles. The fourth-order valence-electron chi connectivity index (χ4n) is 2.06. The van der Waals surface area contributed by atoms with E-state index in [1.807, 2.05) is 6.07 Å². The standard InChI is InChI=1S/C11H11N3O2/c15-10(16)7-2-3-9-8(6-7)13-11-12-4-1-5-14(9)11/h2-3,6H,1,4-5H2,(H,12,13)(H,15,16). The van der Waals surface area contributed by atoms with Crippen LogP contribution in [0.4, 0.5) is 5.95 Å². The number of imidazole rings is 1. The Morgan fingerprint density at radius 1 is 1.50 bits per heavy atom. The summed E-state index contributed by atoms with van der Waals surface area (Å²) < 4.78 is 2.09. The number of benzene rings is 1. The first kappa shape index (κ1) is 9.21. The van der Waals surface area contributed by atoms with Crippen LogP contribution in [0.5, 0.6) is 0 Å². The smallest absolute Gasteiger partial charge is 0.335 e. The topological polar surface area (TPSA) is 67.1 Å². The maximum Gasteiger partial charge on any atom is 0.335 e. The first-order valence-corrected chi connectivity index (χ1v) is 5.23. The third-order valence-electron chi connectivity index (χ3n) is 2.84. The molecule has 1 aromatic carbocycles. The molecular weight excluding hydrogens is 206 g/mol. The van der Waals surface area contributed by atoms with Crippen LogP contribution in [0.3, 0.4) is 0 Å². The second-order valence-electron chi connectivity index (χ2n) is 3.88. The highest BCUT2D eigenvalue weighted by Gasteiger charge is 2.15. The lowest BCUT2D eigenvalue weighted by Gasteiger charge is -2.15. The zero-order valence-electron chi connectivity index (χ0n) is 8.60. The molecule has 0 spiro atoms. The Hall–Kier alpha value is -2.04. The Morgan fingerprint density at radius 2 is 2.38 bits per heavy atom. The number of aromatic carboxylic acids is 1. The van der Waals surface area contributed by atoms with Crippen LogP contribution in [0.15, 0.2) is 18.2 Å². The molecule has 2 aromatic rings. The number of carboxylic acid groups (broad SMARTS) is 1. The number of nitrogens with one attached hydrogen (secondary N) is 1. The molecule has 5 nitrogen and oxygen atoms in total. The number of hydrogen-bond donors (Lipinski definition) is 2. The third-order valence-corrected chi connectivity index (χ3v) is 2.84. The third kappa shape index (κ3) is 1.25. The number of carboxylic acids is 1. The summed E-state index contributed by atoms with van der Waals surface area (Å²) in [6.45, 7) is 1.86. The average Bonchev–Trinajstić information content (AvgIpc) is 2.66. The van der Waals surface area contributed by atoms with Crippen molar-refractivity contribution in [1.82, 2.24) is 9.55 Å². The minimum absolute atomic E-state index is 0.281. The van der Waals surface area contributed by atoms with E-state index in [1.165, 1.54) is 0 Å². The molecule has 3 rings (SSSR count). The molecule has 2 heterocycles. The van der Waals surface area contributed by atoms with Gasteiger partial charge in [0.05, 0.1) is 16.6 Å². The summed E-state index contributed by atoms with van der Waals surface area (Å²) in [5.74, 6) is -0.0791. The zero-order chi connectivity index (χ0) is 11.1. The molecule has 0 radical (unpaired) electrons. The molecule has 1 aliphatic rings. The molecule has 0 amide bonds. The van der Waals surface area contributed by atoms with Gasteiger partial charge in [0.2, 0.25) is 5.95 Å². The Kier molecular flexibility index (Phi) is 1.86. The quantitative estimate of drug-likeness (QED) is 0.760. The summed E-state index contributed by atoms with van der Waals surface area (Å²) in [6.07, 6.45) is 1.07. The van der Waals surface area contributed by atoms with Crippen molar-refractivity contribution < 1.29 is 9.90 Å². The first-order valence-electron chi connectivity index (χ1n) is 5.23. The van der Waals surface area contributed by atoms with E-state index in [9.17, 15) is 4.79 Å². The van der Waals surface area contributed by atoms with E-state index in [0.717, 1.165) is 36.5 Å². The Bertz CT molecular complexity index is 574. The Morgan fingerprint density at radius 3 is 3.19 bits per heavy atom. The molecule has 5 heteroatoms. The Balaban J connectivity index is 2.22. The molecule has 0 aliphatic carbocycles.